The fourth-order valence-electron chi connectivity index (χ4n) is 1.84. The highest BCUT2D eigenvalue weighted by atomic mass is 35.5. The second-order valence-electron chi connectivity index (χ2n) is 4.58. The van der Waals surface area contributed by atoms with Crippen molar-refractivity contribution in [2.24, 2.45) is 0 Å². The third-order valence-corrected chi connectivity index (χ3v) is 3.26. The zero-order valence-corrected chi connectivity index (χ0v) is 12.3. The summed E-state index contributed by atoms with van der Waals surface area (Å²) in [5.74, 6) is -1.32. The molecule has 1 N–H and O–H groups in total. The molecule has 108 valence electrons. The molecule has 5 heteroatoms. The molecule has 0 unspecified atom stereocenters. The molecule has 0 atom stereocenters. The largest absolute Gasteiger partial charge is 0.333 e. The van der Waals surface area contributed by atoms with Crippen molar-refractivity contribution in [1.82, 2.24) is 4.90 Å². The molecule has 0 radical (unpaired) electrons. The molecule has 0 spiro atoms. The molecule has 21 heavy (non-hydrogen) atoms. The Morgan fingerprint density at radius 2 is 1.67 bits per heavy atom. The van der Waals surface area contributed by atoms with Crippen molar-refractivity contribution in [3.8, 4) is 0 Å². The van der Waals surface area contributed by atoms with E-state index in [1.54, 1.807) is 31.3 Å². The van der Waals surface area contributed by atoms with E-state index in [0.29, 0.717) is 17.3 Å². The van der Waals surface area contributed by atoms with Crippen molar-refractivity contribution in [2.45, 2.75) is 6.54 Å². The second-order valence-corrected chi connectivity index (χ2v) is 4.99. The summed E-state index contributed by atoms with van der Waals surface area (Å²) >= 11 is 5.94. The van der Waals surface area contributed by atoms with Crippen LogP contribution < -0.4 is 5.32 Å². The minimum absolute atomic E-state index is 0.371. The first-order valence-corrected chi connectivity index (χ1v) is 6.80. The molecule has 0 heterocycles. The van der Waals surface area contributed by atoms with Crippen LogP contribution in [0.1, 0.15) is 5.56 Å². The van der Waals surface area contributed by atoms with Crippen LogP contribution in [-0.4, -0.2) is 23.8 Å². The zero-order chi connectivity index (χ0) is 15.2. The summed E-state index contributed by atoms with van der Waals surface area (Å²) in [6, 6.07) is 16.2. The minimum Gasteiger partial charge on any atom is -0.333 e. The van der Waals surface area contributed by atoms with Crippen LogP contribution in [0.15, 0.2) is 54.6 Å². The maximum atomic E-state index is 12.0. The third kappa shape index (κ3) is 4.07. The van der Waals surface area contributed by atoms with Crippen LogP contribution in [0.4, 0.5) is 5.69 Å². The monoisotopic (exact) mass is 302 g/mol. The average Bonchev–Trinajstić information content (AvgIpc) is 2.49. The number of halogens is 1. The van der Waals surface area contributed by atoms with Crippen molar-refractivity contribution in [3.05, 3.63) is 65.2 Å². The fourth-order valence-corrected chi connectivity index (χ4v) is 2.02. The molecule has 0 aromatic heterocycles. The number of benzene rings is 2. The van der Waals surface area contributed by atoms with Crippen LogP contribution in [-0.2, 0) is 16.1 Å². The summed E-state index contributed by atoms with van der Waals surface area (Å²) in [6.07, 6.45) is 0. The predicted octanol–water partition coefficient (Wildman–Crippen LogP) is 2.94. The third-order valence-electron chi connectivity index (χ3n) is 2.93. The van der Waals surface area contributed by atoms with Gasteiger partial charge in [-0.1, -0.05) is 54.1 Å². The highest BCUT2D eigenvalue weighted by molar-refractivity contribution is 6.41. The molecule has 4 nitrogen and oxygen atoms in total. The highest BCUT2D eigenvalue weighted by Gasteiger charge is 2.19. The Balaban J connectivity index is 1.99. The number of para-hydroxylation sites is 1. The van der Waals surface area contributed by atoms with E-state index < -0.39 is 11.8 Å². The van der Waals surface area contributed by atoms with Crippen molar-refractivity contribution >= 4 is 29.1 Å². The lowest BCUT2D eigenvalue weighted by atomic mass is 10.2. The molecule has 2 aromatic rings. The topological polar surface area (TPSA) is 49.4 Å². The van der Waals surface area contributed by atoms with Gasteiger partial charge in [-0.25, -0.2) is 0 Å². The fraction of sp³-hybridized carbons (Fsp3) is 0.125. The summed E-state index contributed by atoms with van der Waals surface area (Å²) in [7, 11) is 1.58. The van der Waals surface area contributed by atoms with E-state index in [1.165, 1.54) is 4.90 Å². The van der Waals surface area contributed by atoms with E-state index in [0.717, 1.165) is 5.56 Å². The number of nitrogens with one attached hydrogen (secondary N) is 1. The van der Waals surface area contributed by atoms with Crippen molar-refractivity contribution in [1.29, 1.82) is 0 Å². The number of likely N-dealkylation sites (N-methyl/N-ethyl adjacent to an activating group) is 1. The summed E-state index contributed by atoms with van der Waals surface area (Å²) in [4.78, 5) is 25.3. The summed E-state index contributed by atoms with van der Waals surface area (Å²) in [6.45, 7) is 0.371. The molecular formula is C16H15ClN2O2. The van der Waals surface area contributed by atoms with Crippen LogP contribution in [0, 0.1) is 0 Å². The van der Waals surface area contributed by atoms with E-state index in [4.69, 9.17) is 11.6 Å². The van der Waals surface area contributed by atoms with E-state index in [9.17, 15) is 9.59 Å². The van der Waals surface area contributed by atoms with Crippen LogP contribution in [0.3, 0.4) is 0 Å². The molecule has 0 fully saturated rings. The van der Waals surface area contributed by atoms with Gasteiger partial charge in [0.05, 0.1) is 10.7 Å². The molecule has 0 saturated carbocycles. The van der Waals surface area contributed by atoms with E-state index in [1.807, 2.05) is 30.3 Å². The van der Waals surface area contributed by atoms with Gasteiger partial charge in [-0.2, -0.15) is 0 Å². The van der Waals surface area contributed by atoms with Gasteiger partial charge in [0.25, 0.3) is 0 Å². The molecule has 0 aliphatic rings. The first-order chi connectivity index (χ1) is 10.1. The first kappa shape index (κ1) is 15.1. The number of hydrogen-bond donors (Lipinski definition) is 1. The lowest BCUT2D eigenvalue weighted by Gasteiger charge is -2.17. The Bertz CT molecular complexity index is 644. The van der Waals surface area contributed by atoms with Gasteiger partial charge < -0.3 is 10.2 Å². The summed E-state index contributed by atoms with van der Waals surface area (Å²) in [5, 5.41) is 2.91. The van der Waals surface area contributed by atoms with Gasteiger partial charge >= 0.3 is 11.8 Å². The Morgan fingerprint density at radius 1 is 1.05 bits per heavy atom. The molecule has 2 amide bonds. The van der Waals surface area contributed by atoms with Crippen LogP contribution >= 0.6 is 11.6 Å². The molecule has 2 rings (SSSR count). The number of hydrogen-bond acceptors (Lipinski definition) is 2. The summed E-state index contributed by atoms with van der Waals surface area (Å²) < 4.78 is 0. The lowest BCUT2D eigenvalue weighted by Crippen LogP contribution is -2.36. The Kier molecular flexibility index (Phi) is 4.95. The molecular weight excluding hydrogens is 288 g/mol. The summed E-state index contributed by atoms with van der Waals surface area (Å²) in [5.41, 5.74) is 1.38. The maximum Gasteiger partial charge on any atom is 0.313 e. The number of amides is 2. The van der Waals surface area contributed by atoms with Gasteiger partial charge in [-0.3, -0.25) is 9.59 Å². The van der Waals surface area contributed by atoms with E-state index >= 15 is 0 Å². The van der Waals surface area contributed by atoms with Gasteiger partial charge in [-0.05, 0) is 17.7 Å². The maximum absolute atomic E-state index is 12.0. The second kappa shape index (κ2) is 6.90. The quantitative estimate of drug-likeness (QED) is 0.886. The number of anilines is 1. The first-order valence-electron chi connectivity index (χ1n) is 6.43. The standard InChI is InChI=1S/C16H15ClN2O2/c1-19(11-12-7-3-2-4-8-12)16(21)15(20)18-14-10-6-5-9-13(14)17/h2-10H,11H2,1H3,(H,18,20). The number of nitrogens with zero attached hydrogens (tertiary/aromatic N) is 1. The minimum atomic E-state index is -0.707. The molecule has 2 aromatic carbocycles. The van der Waals surface area contributed by atoms with Crippen molar-refractivity contribution < 1.29 is 9.59 Å². The number of rotatable bonds is 3. The van der Waals surface area contributed by atoms with Crippen LogP contribution in [0.5, 0.6) is 0 Å². The van der Waals surface area contributed by atoms with Gasteiger partial charge in [-0.15, -0.1) is 0 Å². The van der Waals surface area contributed by atoms with Crippen LogP contribution in [0.25, 0.3) is 0 Å². The predicted molar refractivity (Wildman–Crippen MR) is 83.0 cm³/mol. The van der Waals surface area contributed by atoms with Gasteiger partial charge in [0.15, 0.2) is 0 Å². The Morgan fingerprint density at radius 3 is 2.33 bits per heavy atom. The highest BCUT2D eigenvalue weighted by Crippen LogP contribution is 2.20. The van der Waals surface area contributed by atoms with Crippen molar-refractivity contribution in [2.75, 3.05) is 12.4 Å². The SMILES string of the molecule is CN(Cc1ccccc1)C(=O)C(=O)Nc1ccccc1Cl. The van der Waals surface area contributed by atoms with Gasteiger partial charge in [0.2, 0.25) is 0 Å². The molecule has 0 bridgehead atoms. The zero-order valence-electron chi connectivity index (χ0n) is 11.5. The smallest absolute Gasteiger partial charge is 0.313 e. The lowest BCUT2D eigenvalue weighted by molar-refractivity contribution is -0.142. The Hall–Kier alpha value is -2.33. The molecule has 0 aliphatic heterocycles. The van der Waals surface area contributed by atoms with Gasteiger partial charge in [0.1, 0.15) is 0 Å². The van der Waals surface area contributed by atoms with E-state index in [2.05, 4.69) is 5.32 Å². The average molecular weight is 303 g/mol. The number of carbonyl (C=O) groups is 2. The number of carbonyl (C=O) groups excluding carboxylic acids is 2. The van der Waals surface area contributed by atoms with Crippen molar-refractivity contribution in [3.63, 3.8) is 0 Å². The van der Waals surface area contributed by atoms with Gasteiger partial charge in [0, 0.05) is 13.6 Å². The van der Waals surface area contributed by atoms with E-state index in [-0.39, 0.29) is 0 Å². The normalized spacial score (nSPS) is 10.0. The van der Waals surface area contributed by atoms with Crippen LogP contribution in [0.2, 0.25) is 5.02 Å². The Labute approximate surface area is 128 Å². The molecule has 0 aliphatic carbocycles. The molecule has 0 saturated heterocycles.